The molecule has 3 rings (SSSR count). The van der Waals surface area contributed by atoms with Crippen LogP contribution in [0.25, 0.3) is 10.9 Å². The van der Waals surface area contributed by atoms with Gasteiger partial charge in [-0.15, -0.1) is 0 Å². The molecule has 1 aliphatic heterocycles. The number of nitrogens with zero attached hydrogens (tertiary/aromatic N) is 1. The van der Waals surface area contributed by atoms with E-state index < -0.39 is 30.0 Å². The summed E-state index contributed by atoms with van der Waals surface area (Å²) in [5.41, 5.74) is 1.22. The Labute approximate surface area is 143 Å². The van der Waals surface area contributed by atoms with Gasteiger partial charge in [-0.25, -0.2) is 4.79 Å². The summed E-state index contributed by atoms with van der Waals surface area (Å²) in [4.78, 5) is 39.1. The minimum atomic E-state index is -1.09. The number of carbonyl (C=O) groups excluding carboxylic acids is 2. The van der Waals surface area contributed by atoms with Crippen molar-refractivity contribution < 1.29 is 24.2 Å². The first-order valence-electron chi connectivity index (χ1n) is 7.84. The van der Waals surface area contributed by atoms with Crippen LogP contribution in [-0.2, 0) is 19.1 Å². The maximum atomic E-state index is 12.1. The highest BCUT2D eigenvalue weighted by Gasteiger charge is 2.34. The second-order valence-electron chi connectivity index (χ2n) is 5.68. The topological polar surface area (TPSA) is 118 Å². The quantitative estimate of drug-likeness (QED) is 0.743. The van der Waals surface area contributed by atoms with Gasteiger partial charge in [0, 0.05) is 11.6 Å². The van der Waals surface area contributed by atoms with Crippen molar-refractivity contribution in [2.75, 3.05) is 11.9 Å². The highest BCUT2D eigenvalue weighted by Crippen LogP contribution is 2.21. The van der Waals surface area contributed by atoms with Crippen molar-refractivity contribution in [3.63, 3.8) is 0 Å². The second-order valence-corrected chi connectivity index (χ2v) is 5.68. The van der Waals surface area contributed by atoms with Crippen molar-refractivity contribution in [2.45, 2.75) is 25.0 Å². The fourth-order valence-corrected chi connectivity index (χ4v) is 2.69. The van der Waals surface area contributed by atoms with E-state index in [9.17, 15) is 14.4 Å². The summed E-state index contributed by atoms with van der Waals surface area (Å²) in [5.74, 6) is -1.98. The summed E-state index contributed by atoms with van der Waals surface area (Å²) < 4.78 is 5.14. The Morgan fingerprint density at radius 1 is 1.16 bits per heavy atom. The molecule has 2 heterocycles. The second kappa shape index (κ2) is 7.27. The number of anilines is 1. The number of carbonyl (C=O) groups is 3. The number of hydrogen-bond donors (Lipinski definition) is 3. The zero-order chi connectivity index (χ0) is 17.8. The predicted molar refractivity (Wildman–Crippen MR) is 88.9 cm³/mol. The lowest BCUT2D eigenvalue weighted by Crippen LogP contribution is -2.39. The Hall–Kier alpha value is -3.00. The van der Waals surface area contributed by atoms with Crippen molar-refractivity contribution in [3.8, 4) is 0 Å². The molecule has 1 aromatic heterocycles. The van der Waals surface area contributed by atoms with E-state index in [0.717, 1.165) is 5.39 Å². The number of hydrogen-bond acceptors (Lipinski definition) is 5. The van der Waals surface area contributed by atoms with Gasteiger partial charge in [0.15, 0.2) is 6.10 Å². The summed E-state index contributed by atoms with van der Waals surface area (Å²) in [5, 5.41) is 14.9. The molecule has 0 spiro atoms. The van der Waals surface area contributed by atoms with Gasteiger partial charge < -0.3 is 20.5 Å². The van der Waals surface area contributed by atoms with Crippen LogP contribution in [0.3, 0.4) is 0 Å². The minimum Gasteiger partial charge on any atom is -0.479 e. The normalized spacial score (nSPS) is 19.5. The average molecular weight is 343 g/mol. The SMILES string of the molecule is O=C(CNC(=O)[C@@H]1CC[C@H](C(=O)O)O1)Nc1cccc2cccnc12. The number of carboxylic acid groups (broad SMARTS) is 1. The fraction of sp³-hybridized carbons (Fsp3) is 0.294. The molecule has 0 aliphatic carbocycles. The van der Waals surface area contributed by atoms with Gasteiger partial charge in [0.25, 0.3) is 0 Å². The number of benzene rings is 1. The van der Waals surface area contributed by atoms with Gasteiger partial charge in [-0.05, 0) is 25.0 Å². The first-order chi connectivity index (χ1) is 12.0. The van der Waals surface area contributed by atoms with Crippen LogP contribution in [0.1, 0.15) is 12.8 Å². The number of ether oxygens (including phenoxy) is 1. The summed E-state index contributed by atoms with van der Waals surface area (Å²) in [6, 6.07) is 9.11. The summed E-state index contributed by atoms with van der Waals surface area (Å²) >= 11 is 0. The highest BCUT2D eigenvalue weighted by atomic mass is 16.5. The first kappa shape index (κ1) is 16.8. The van der Waals surface area contributed by atoms with Gasteiger partial charge in [-0.1, -0.05) is 18.2 Å². The van der Waals surface area contributed by atoms with Gasteiger partial charge in [-0.3, -0.25) is 14.6 Å². The Morgan fingerprint density at radius 2 is 1.92 bits per heavy atom. The molecule has 1 aromatic carbocycles. The average Bonchev–Trinajstić information content (AvgIpc) is 3.10. The molecule has 8 heteroatoms. The zero-order valence-corrected chi connectivity index (χ0v) is 13.3. The maximum Gasteiger partial charge on any atom is 0.332 e. The van der Waals surface area contributed by atoms with E-state index in [1.165, 1.54) is 0 Å². The number of nitrogens with one attached hydrogen (secondary N) is 2. The summed E-state index contributed by atoms with van der Waals surface area (Å²) in [6.45, 7) is -0.236. The summed E-state index contributed by atoms with van der Waals surface area (Å²) in [6.07, 6.45) is 0.425. The third-order valence-electron chi connectivity index (χ3n) is 3.92. The molecule has 2 atom stereocenters. The van der Waals surface area contributed by atoms with Crippen LogP contribution in [0.5, 0.6) is 0 Å². The molecular formula is C17H17N3O5. The number of fused-ring (bicyclic) bond motifs is 1. The lowest BCUT2D eigenvalue weighted by Gasteiger charge is -2.12. The third-order valence-corrected chi connectivity index (χ3v) is 3.92. The predicted octanol–water partition coefficient (Wildman–Crippen LogP) is 0.922. The van der Waals surface area contributed by atoms with Crippen LogP contribution in [0.15, 0.2) is 36.5 Å². The molecule has 130 valence electrons. The van der Waals surface area contributed by atoms with E-state index >= 15 is 0 Å². The van der Waals surface area contributed by atoms with Crippen molar-refractivity contribution in [1.82, 2.24) is 10.3 Å². The fourth-order valence-electron chi connectivity index (χ4n) is 2.69. The van der Waals surface area contributed by atoms with E-state index in [1.54, 1.807) is 24.4 Å². The number of aliphatic carboxylic acids is 1. The van der Waals surface area contributed by atoms with Crippen LogP contribution in [0.2, 0.25) is 0 Å². The van der Waals surface area contributed by atoms with Gasteiger partial charge in [0.1, 0.15) is 6.10 Å². The lowest BCUT2D eigenvalue weighted by atomic mass is 10.2. The molecule has 0 unspecified atom stereocenters. The van der Waals surface area contributed by atoms with Crippen molar-refractivity contribution in [3.05, 3.63) is 36.5 Å². The van der Waals surface area contributed by atoms with Gasteiger partial charge in [-0.2, -0.15) is 0 Å². The monoisotopic (exact) mass is 343 g/mol. The van der Waals surface area contributed by atoms with Gasteiger partial charge in [0.05, 0.1) is 17.7 Å². The minimum absolute atomic E-state index is 0.236. The van der Waals surface area contributed by atoms with E-state index in [1.807, 2.05) is 12.1 Å². The molecule has 0 saturated carbocycles. The number of para-hydroxylation sites is 1. The molecule has 1 aliphatic rings. The molecule has 8 nitrogen and oxygen atoms in total. The molecule has 1 fully saturated rings. The van der Waals surface area contributed by atoms with Crippen LogP contribution >= 0.6 is 0 Å². The third kappa shape index (κ3) is 3.92. The standard InChI is InChI=1S/C17H17N3O5/c21-14(9-19-16(22)12-6-7-13(25-12)17(23)24)20-11-5-1-3-10-4-2-8-18-15(10)11/h1-5,8,12-13H,6-7,9H2,(H,19,22)(H,20,21)(H,23,24)/t12-,13+/m0/s1. The van der Waals surface area contributed by atoms with Crippen molar-refractivity contribution in [1.29, 1.82) is 0 Å². The molecular weight excluding hydrogens is 326 g/mol. The first-order valence-corrected chi connectivity index (χ1v) is 7.84. The van der Waals surface area contributed by atoms with Crippen molar-refractivity contribution >= 4 is 34.4 Å². The molecule has 3 N–H and O–H groups in total. The molecule has 0 radical (unpaired) electrons. The molecule has 2 aromatic rings. The molecule has 2 amide bonds. The smallest absolute Gasteiger partial charge is 0.332 e. The molecule has 25 heavy (non-hydrogen) atoms. The summed E-state index contributed by atoms with van der Waals surface area (Å²) in [7, 11) is 0. The lowest BCUT2D eigenvalue weighted by molar-refractivity contribution is -0.152. The van der Waals surface area contributed by atoms with E-state index in [-0.39, 0.29) is 13.0 Å². The van der Waals surface area contributed by atoms with E-state index in [0.29, 0.717) is 17.6 Å². The van der Waals surface area contributed by atoms with Crippen LogP contribution < -0.4 is 10.6 Å². The Balaban J connectivity index is 1.54. The molecule has 1 saturated heterocycles. The van der Waals surface area contributed by atoms with Crippen LogP contribution in [0.4, 0.5) is 5.69 Å². The Kier molecular flexibility index (Phi) is 4.90. The number of carboxylic acids is 1. The Morgan fingerprint density at radius 3 is 2.68 bits per heavy atom. The highest BCUT2D eigenvalue weighted by molar-refractivity contribution is 6.01. The molecule has 0 bridgehead atoms. The van der Waals surface area contributed by atoms with Crippen LogP contribution in [-0.4, -0.2) is 46.6 Å². The number of rotatable bonds is 5. The number of amides is 2. The van der Waals surface area contributed by atoms with E-state index in [4.69, 9.17) is 9.84 Å². The zero-order valence-electron chi connectivity index (χ0n) is 13.3. The maximum absolute atomic E-state index is 12.1. The van der Waals surface area contributed by atoms with Gasteiger partial charge in [0.2, 0.25) is 11.8 Å². The van der Waals surface area contributed by atoms with Crippen LogP contribution in [0, 0.1) is 0 Å². The number of aromatic nitrogens is 1. The van der Waals surface area contributed by atoms with Gasteiger partial charge >= 0.3 is 5.97 Å². The number of pyridine rings is 1. The van der Waals surface area contributed by atoms with E-state index in [2.05, 4.69) is 15.6 Å². The Bertz CT molecular complexity index is 818. The largest absolute Gasteiger partial charge is 0.479 e. The van der Waals surface area contributed by atoms with Crippen molar-refractivity contribution in [2.24, 2.45) is 0 Å².